The van der Waals surface area contributed by atoms with Gasteiger partial charge in [-0.05, 0) is 12.8 Å². The topological polar surface area (TPSA) is 54.5 Å². The molecule has 1 aliphatic rings. The van der Waals surface area contributed by atoms with Crippen LogP contribution in [0.5, 0.6) is 0 Å². The van der Waals surface area contributed by atoms with Crippen LogP contribution in [0.3, 0.4) is 0 Å². The van der Waals surface area contributed by atoms with E-state index in [1.54, 1.807) is 0 Å². The van der Waals surface area contributed by atoms with Crippen LogP contribution in [0.15, 0.2) is 0 Å². The number of hydrogen-bond acceptors (Lipinski definition) is 3. The fourth-order valence-electron chi connectivity index (χ4n) is 1.43. The van der Waals surface area contributed by atoms with Gasteiger partial charge in [-0.3, -0.25) is 4.79 Å². The molecule has 0 spiro atoms. The summed E-state index contributed by atoms with van der Waals surface area (Å²) < 4.78 is 24.3. The second-order valence-corrected chi connectivity index (χ2v) is 5.38. The highest BCUT2D eigenvalue weighted by molar-refractivity contribution is 7.89. The Labute approximate surface area is 79.0 Å². The van der Waals surface area contributed by atoms with E-state index in [4.69, 9.17) is 0 Å². The van der Waals surface area contributed by atoms with Crippen LogP contribution in [0.4, 0.5) is 0 Å². The van der Waals surface area contributed by atoms with E-state index in [1.165, 1.54) is 4.31 Å². The van der Waals surface area contributed by atoms with E-state index in [0.29, 0.717) is 25.8 Å². The van der Waals surface area contributed by atoms with Crippen LogP contribution in [0.1, 0.15) is 26.2 Å². The van der Waals surface area contributed by atoms with Gasteiger partial charge in [-0.2, -0.15) is 4.31 Å². The molecule has 1 heterocycles. The van der Waals surface area contributed by atoms with Gasteiger partial charge in [0.15, 0.2) is 0 Å². The Balaban J connectivity index is 2.65. The number of ketones is 1. The summed E-state index contributed by atoms with van der Waals surface area (Å²) in [7, 11) is -3.15. The highest BCUT2D eigenvalue weighted by atomic mass is 32.2. The van der Waals surface area contributed by atoms with Gasteiger partial charge in [0.2, 0.25) is 10.0 Å². The number of hydrogen-bond donors (Lipinski definition) is 0. The van der Waals surface area contributed by atoms with Crippen molar-refractivity contribution in [3.63, 3.8) is 0 Å². The van der Waals surface area contributed by atoms with Gasteiger partial charge in [0.25, 0.3) is 0 Å². The molecule has 0 aromatic rings. The van der Waals surface area contributed by atoms with Crippen molar-refractivity contribution in [1.82, 2.24) is 4.31 Å². The number of rotatable bonds is 3. The van der Waals surface area contributed by atoms with Gasteiger partial charge in [-0.25, -0.2) is 8.42 Å². The van der Waals surface area contributed by atoms with Crippen LogP contribution in [0.25, 0.3) is 0 Å². The van der Waals surface area contributed by atoms with Gasteiger partial charge >= 0.3 is 0 Å². The van der Waals surface area contributed by atoms with Gasteiger partial charge < -0.3 is 0 Å². The van der Waals surface area contributed by atoms with Crippen molar-refractivity contribution in [1.29, 1.82) is 0 Å². The van der Waals surface area contributed by atoms with Crippen molar-refractivity contribution < 1.29 is 13.2 Å². The third kappa shape index (κ3) is 2.77. The molecule has 0 unspecified atom stereocenters. The number of piperidine rings is 1. The van der Waals surface area contributed by atoms with Crippen molar-refractivity contribution in [2.75, 3.05) is 18.8 Å². The Morgan fingerprint density at radius 1 is 1.46 bits per heavy atom. The molecule has 76 valence electrons. The molecule has 13 heavy (non-hydrogen) atoms. The van der Waals surface area contributed by atoms with Crippen LogP contribution in [0, 0.1) is 0 Å². The minimum Gasteiger partial charge on any atom is -0.298 e. The SMILES string of the molecule is CCCS(=O)(=O)N1CCCC(=O)C1. The lowest BCUT2D eigenvalue weighted by molar-refractivity contribution is -0.120. The summed E-state index contributed by atoms with van der Waals surface area (Å²) in [6.45, 7) is 2.42. The molecule has 0 radical (unpaired) electrons. The molecule has 1 rings (SSSR count). The van der Waals surface area contributed by atoms with Crippen LogP contribution in [-0.4, -0.2) is 37.3 Å². The lowest BCUT2D eigenvalue weighted by Gasteiger charge is -2.24. The molecule has 5 heteroatoms. The van der Waals surface area contributed by atoms with E-state index in [9.17, 15) is 13.2 Å². The Morgan fingerprint density at radius 2 is 2.15 bits per heavy atom. The predicted octanol–water partition coefficient (Wildman–Crippen LogP) is 0.391. The Hall–Kier alpha value is -0.420. The highest BCUT2D eigenvalue weighted by Gasteiger charge is 2.26. The Kier molecular flexibility index (Phi) is 3.44. The Bertz CT molecular complexity index is 284. The van der Waals surface area contributed by atoms with Crippen LogP contribution in [0.2, 0.25) is 0 Å². The number of sulfonamides is 1. The molecular formula is C8H15NO3S. The first-order chi connectivity index (χ1) is 6.06. The second kappa shape index (κ2) is 4.19. The minimum atomic E-state index is -3.15. The molecular weight excluding hydrogens is 190 g/mol. The number of nitrogens with zero attached hydrogens (tertiary/aromatic N) is 1. The molecule has 1 saturated heterocycles. The number of Topliss-reactive ketones (excluding diaryl/α,β-unsaturated/α-hetero) is 1. The lowest BCUT2D eigenvalue weighted by atomic mass is 10.1. The van der Waals surface area contributed by atoms with E-state index in [1.807, 2.05) is 6.92 Å². The molecule has 4 nitrogen and oxygen atoms in total. The van der Waals surface area contributed by atoms with Crippen LogP contribution < -0.4 is 0 Å². The van der Waals surface area contributed by atoms with Crippen molar-refractivity contribution in [3.05, 3.63) is 0 Å². The van der Waals surface area contributed by atoms with Gasteiger partial charge in [-0.15, -0.1) is 0 Å². The van der Waals surface area contributed by atoms with Crippen molar-refractivity contribution in [2.45, 2.75) is 26.2 Å². The predicted molar refractivity (Wildman–Crippen MR) is 49.9 cm³/mol. The van der Waals surface area contributed by atoms with Crippen LogP contribution >= 0.6 is 0 Å². The van der Waals surface area contributed by atoms with E-state index in [-0.39, 0.29) is 18.1 Å². The first kappa shape index (κ1) is 10.7. The molecule has 0 aromatic heterocycles. The summed E-state index contributed by atoms with van der Waals surface area (Å²) in [5.41, 5.74) is 0. The van der Waals surface area contributed by atoms with Gasteiger partial charge in [0, 0.05) is 13.0 Å². The zero-order valence-corrected chi connectivity index (χ0v) is 8.64. The molecule has 0 aliphatic carbocycles. The maximum absolute atomic E-state index is 11.5. The van der Waals surface area contributed by atoms with Crippen molar-refractivity contribution >= 4 is 15.8 Å². The molecule has 0 saturated carbocycles. The molecule has 0 N–H and O–H groups in total. The van der Waals surface area contributed by atoms with E-state index < -0.39 is 10.0 Å². The summed E-state index contributed by atoms with van der Waals surface area (Å²) in [6.07, 6.45) is 1.80. The largest absolute Gasteiger partial charge is 0.298 e. The molecule has 0 amide bonds. The molecule has 1 aliphatic heterocycles. The summed E-state index contributed by atoms with van der Waals surface area (Å²) in [5, 5.41) is 0. The maximum atomic E-state index is 11.5. The lowest BCUT2D eigenvalue weighted by Crippen LogP contribution is -2.41. The summed E-state index contributed by atoms with van der Waals surface area (Å²) in [5.74, 6) is 0.186. The van der Waals surface area contributed by atoms with E-state index >= 15 is 0 Å². The normalized spacial score (nSPS) is 20.5. The monoisotopic (exact) mass is 205 g/mol. The standard InChI is InChI=1S/C8H15NO3S/c1-2-6-13(11,12)9-5-3-4-8(10)7-9/h2-7H2,1H3. The highest BCUT2D eigenvalue weighted by Crippen LogP contribution is 2.11. The van der Waals surface area contributed by atoms with Gasteiger partial charge in [0.05, 0.1) is 12.3 Å². The van der Waals surface area contributed by atoms with Gasteiger partial charge in [0.1, 0.15) is 5.78 Å². The zero-order valence-electron chi connectivity index (χ0n) is 7.82. The smallest absolute Gasteiger partial charge is 0.214 e. The minimum absolute atomic E-state index is 0.0333. The first-order valence-electron chi connectivity index (χ1n) is 4.56. The van der Waals surface area contributed by atoms with E-state index in [2.05, 4.69) is 0 Å². The van der Waals surface area contributed by atoms with E-state index in [0.717, 1.165) is 0 Å². The summed E-state index contributed by atoms with van der Waals surface area (Å²) in [4.78, 5) is 11.0. The average molecular weight is 205 g/mol. The molecule has 1 fully saturated rings. The van der Waals surface area contributed by atoms with Gasteiger partial charge in [-0.1, -0.05) is 6.92 Å². The second-order valence-electron chi connectivity index (χ2n) is 3.29. The Morgan fingerprint density at radius 3 is 2.69 bits per heavy atom. The average Bonchev–Trinajstić information content (AvgIpc) is 2.04. The zero-order chi connectivity index (χ0) is 9.90. The molecule has 0 aromatic carbocycles. The quantitative estimate of drug-likeness (QED) is 0.669. The first-order valence-corrected chi connectivity index (χ1v) is 6.16. The summed E-state index contributed by atoms with van der Waals surface area (Å²) >= 11 is 0. The molecule has 0 atom stereocenters. The van der Waals surface area contributed by atoms with Crippen LogP contribution in [-0.2, 0) is 14.8 Å². The van der Waals surface area contributed by atoms with Crippen molar-refractivity contribution in [3.8, 4) is 0 Å². The summed E-state index contributed by atoms with van der Waals surface area (Å²) in [6, 6.07) is 0. The fraction of sp³-hybridized carbons (Fsp3) is 0.875. The molecule has 0 bridgehead atoms. The number of carbonyl (C=O) groups excluding carboxylic acids is 1. The third-order valence-electron chi connectivity index (χ3n) is 2.07. The number of carbonyl (C=O) groups is 1. The van der Waals surface area contributed by atoms with Crippen molar-refractivity contribution in [2.24, 2.45) is 0 Å². The third-order valence-corrected chi connectivity index (χ3v) is 4.09. The maximum Gasteiger partial charge on any atom is 0.214 e. The fourth-order valence-corrected chi connectivity index (χ4v) is 2.95.